The molecule has 0 unspecified atom stereocenters. The van der Waals surface area contributed by atoms with E-state index in [1.807, 2.05) is 0 Å². The summed E-state index contributed by atoms with van der Waals surface area (Å²) in [5.41, 5.74) is 0.203. The van der Waals surface area contributed by atoms with Crippen LogP contribution >= 0.6 is 11.8 Å². The molecule has 3 N–H and O–H groups in total. The van der Waals surface area contributed by atoms with Crippen molar-refractivity contribution in [2.45, 2.75) is 18.9 Å². The molecule has 3 rings (SSSR count). The maximum absolute atomic E-state index is 13.7. The summed E-state index contributed by atoms with van der Waals surface area (Å²) in [6.07, 6.45) is 1.45. The second kappa shape index (κ2) is 8.86. The third kappa shape index (κ3) is 4.99. The predicted molar refractivity (Wildman–Crippen MR) is 102 cm³/mol. The van der Waals surface area contributed by atoms with Crippen molar-refractivity contribution in [3.8, 4) is 0 Å². The first-order valence-corrected chi connectivity index (χ1v) is 9.55. The molecule has 2 fully saturated rings. The highest BCUT2D eigenvalue weighted by Gasteiger charge is 2.35. The Labute approximate surface area is 169 Å². The monoisotopic (exact) mass is 420 g/mol. The van der Waals surface area contributed by atoms with Crippen LogP contribution in [-0.4, -0.2) is 53.0 Å². The highest BCUT2D eigenvalue weighted by Crippen LogP contribution is 2.32. The maximum atomic E-state index is 13.7. The van der Waals surface area contributed by atoms with Gasteiger partial charge in [-0.15, -0.1) is 0 Å². The maximum Gasteiger partial charge on any atom is 0.322 e. The molecule has 2 saturated heterocycles. The molecule has 0 saturated carbocycles. The smallest absolute Gasteiger partial charge is 0.322 e. The lowest BCUT2D eigenvalue weighted by Crippen LogP contribution is -2.38. The second-order valence-electron chi connectivity index (χ2n) is 6.26. The van der Waals surface area contributed by atoms with Crippen LogP contribution in [0.5, 0.6) is 0 Å². The highest BCUT2D eigenvalue weighted by molar-refractivity contribution is 8.18. The number of hydrogen-bond acceptors (Lipinski definition) is 6. The summed E-state index contributed by atoms with van der Waals surface area (Å²) < 4.78 is 13.7. The molecular weight excluding hydrogens is 403 g/mol. The van der Waals surface area contributed by atoms with Crippen molar-refractivity contribution < 1.29 is 28.4 Å². The number of imide groups is 2. The van der Waals surface area contributed by atoms with Crippen LogP contribution in [-0.2, 0) is 14.4 Å². The number of benzene rings is 1. The van der Waals surface area contributed by atoms with Crippen molar-refractivity contribution in [1.82, 2.24) is 20.9 Å². The molecule has 2 aliphatic rings. The third-order valence-electron chi connectivity index (χ3n) is 4.24. The van der Waals surface area contributed by atoms with Gasteiger partial charge in [-0.05, 0) is 30.3 Å². The number of urea groups is 1. The zero-order chi connectivity index (χ0) is 21.0. The standard InChI is InChI=1S/C18H17FN4O5S/c19-11-4-2-1-3-10(11)9-13-16(26)23(18(28)29-13)8-7-20-14(24)6-5-12-15(25)22-17(27)21-12/h1-4,9,12H,5-8H2,(H,20,24)(H2,21,22,25,27)/b13-9-/t12-/m0/s1. The van der Waals surface area contributed by atoms with Crippen LogP contribution in [0.25, 0.3) is 6.08 Å². The fourth-order valence-electron chi connectivity index (χ4n) is 2.76. The molecule has 1 aromatic carbocycles. The summed E-state index contributed by atoms with van der Waals surface area (Å²) in [5, 5.41) is 6.51. The number of amides is 6. The van der Waals surface area contributed by atoms with Crippen LogP contribution in [0.3, 0.4) is 0 Å². The van der Waals surface area contributed by atoms with Crippen LogP contribution in [0.15, 0.2) is 29.2 Å². The first kappa shape index (κ1) is 20.5. The molecule has 0 radical (unpaired) electrons. The summed E-state index contributed by atoms with van der Waals surface area (Å²) in [5.74, 6) is -1.92. The summed E-state index contributed by atoms with van der Waals surface area (Å²) in [7, 11) is 0. The lowest BCUT2D eigenvalue weighted by molar-refractivity contribution is -0.124. The van der Waals surface area contributed by atoms with E-state index >= 15 is 0 Å². The summed E-state index contributed by atoms with van der Waals surface area (Å²) >= 11 is 0.706. The van der Waals surface area contributed by atoms with Gasteiger partial charge in [0, 0.05) is 25.1 Å². The van der Waals surface area contributed by atoms with Crippen LogP contribution < -0.4 is 16.0 Å². The van der Waals surface area contributed by atoms with Crippen molar-refractivity contribution >= 4 is 46.8 Å². The Balaban J connectivity index is 1.47. The molecule has 0 aromatic heterocycles. The minimum Gasteiger partial charge on any atom is -0.354 e. The van der Waals surface area contributed by atoms with Gasteiger partial charge >= 0.3 is 6.03 Å². The predicted octanol–water partition coefficient (Wildman–Crippen LogP) is 0.966. The van der Waals surface area contributed by atoms with Gasteiger partial charge in [0.15, 0.2) is 0 Å². The Bertz CT molecular complexity index is 919. The second-order valence-corrected chi connectivity index (χ2v) is 7.25. The van der Waals surface area contributed by atoms with E-state index in [0.29, 0.717) is 11.8 Å². The third-order valence-corrected chi connectivity index (χ3v) is 5.15. The summed E-state index contributed by atoms with van der Waals surface area (Å²) in [6.45, 7) is -0.00125. The van der Waals surface area contributed by atoms with Gasteiger partial charge in [-0.2, -0.15) is 0 Å². The Morgan fingerprint density at radius 1 is 1.24 bits per heavy atom. The number of carbonyl (C=O) groups excluding carboxylic acids is 5. The summed E-state index contributed by atoms with van der Waals surface area (Å²) in [6, 6.07) is 4.55. The lowest BCUT2D eigenvalue weighted by Gasteiger charge is -2.13. The Hall–Kier alpha value is -3.21. The zero-order valence-corrected chi connectivity index (χ0v) is 15.9. The van der Waals surface area contributed by atoms with E-state index in [4.69, 9.17) is 0 Å². The van der Waals surface area contributed by atoms with Gasteiger partial charge in [0.25, 0.3) is 17.1 Å². The molecule has 152 valence electrons. The number of carbonyl (C=O) groups is 5. The number of hydrogen-bond donors (Lipinski definition) is 3. The van der Waals surface area contributed by atoms with Crippen molar-refractivity contribution in [3.63, 3.8) is 0 Å². The van der Waals surface area contributed by atoms with Gasteiger partial charge in [0.05, 0.1) is 4.91 Å². The quantitative estimate of drug-likeness (QED) is 0.446. The average Bonchev–Trinajstić information content (AvgIpc) is 3.14. The molecule has 0 bridgehead atoms. The molecular formula is C18H17FN4O5S. The number of nitrogens with zero attached hydrogens (tertiary/aromatic N) is 1. The van der Waals surface area contributed by atoms with Gasteiger partial charge in [-0.1, -0.05) is 18.2 Å². The Kier molecular flexibility index (Phi) is 6.27. The molecule has 2 aliphatic heterocycles. The van der Waals surface area contributed by atoms with Gasteiger partial charge in [0.1, 0.15) is 11.9 Å². The van der Waals surface area contributed by atoms with E-state index < -0.39 is 34.9 Å². The Morgan fingerprint density at radius 3 is 2.69 bits per heavy atom. The summed E-state index contributed by atoms with van der Waals surface area (Å²) in [4.78, 5) is 59.8. The molecule has 11 heteroatoms. The normalized spacial score (nSPS) is 20.2. The fraction of sp³-hybridized carbons (Fsp3) is 0.278. The van der Waals surface area contributed by atoms with Crippen molar-refractivity contribution in [2.24, 2.45) is 0 Å². The van der Waals surface area contributed by atoms with Crippen molar-refractivity contribution in [2.75, 3.05) is 13.1 Å². The molecule has 0 aliphatic carbocycles. The molecule has 0 spiro atoms. The minimum atomic E-state index is -0.752. The fourth-order valence-corrected chi connectivity index (χ4v) is 3.62. The largest absolute Gasteiger partial charge is 0.354 e. The van der Waals surface area contributed by atoms with Gasteiger partial charge in [0.2, 0.25) is 5.91 Å². The van der Waals surface area contributed by atoms with E-state index in [2.05, 4.69) is 16.0 Å². The van der Waals surface area contributed by atoms with E-state index in [-0.39, 0.29) is 42.3 Å². The molecule has 29 heavy (non-hydrogen) atoms. The van der Waals surface area contributed by atoms with Crippen LogP contribution in [0, 0.1) is 5.82 Å². The number of nitrogens with one attached hydrogen (secondary N) is 3. The van der Waals surface area contributed by atoms with Crippen LogP contribution in [0.4, 0.5) is 14.0 Å². The first-order chi connectivity index (χ1) is 13.8. The van der Waals surface area contributed by atoms with E-state index in [1.54, 1.807) is 6.07 Å². The SMILES string of the molecule is O=C(CC[C@@H]1NC(=O)NC1=O)NCCN1C(=O)S/C(=C\c2ccccc2F)C1=O. The average molecular weight is 420 g/mol. The van der Waals surface area contributed by atoms with Crippen molar-refractivity contribution in [3.05, 3.63) is 40.6 Å². The van der Waals surface area contributed by atoms with Gasteiger partial charge in [-0.25, -0.2) is 9.18 Å². The van der Waals surface area contributed by atoms with Crippen molar-refractivity contribution in [1.29, 1.82) is 0 Å². The molecule has 1 atom stereocenters. The zero-order valence-electron chi connectivity index (χ0n) is 15.1. The molecule has 6 amide bonds. The number of halogens is 1. The van der Waals surface area contributed by atoms with Gasteiger partial charge < -0.3 is 10.6 Å². The minimum absolute atomic E-state index is 0.00650. The highest BCUT2D eigenvalue weighted by atomic mass is 32.2. The first-order valence-electron chi connectivity index (χ1n) is 8.73. The van der Waals surface area contributed by atoms with Crippen LogP contribution in [0.2, 0.25) is 0 Å². The molecule has 2 heterocycles. The lowest BCUT2D eigenvalue weighted by atomic mass is 10.1. The Morgan fingerprint density at radius 2 is 2.00 bits per heavy atom. The number of rotatable bonds is 7. The molecule has 1 aromatic rings. The van der Waals surface area contributed by atoms with Gasteiger partial charge in [-0.3, -0.25) is 29.4 Å². The molecule has 9 nitrogen and oxygen atoms in total. The van der Waals surface area contributed by atoms with E-state index in [9.17, 15) is 28.4 Å². The topological polar surface area (TPSA) is 125 Å². The van der Waals surface area contributed by atoms with E-state index in [0.717, 1.165) is 4.90 Å². The number of thioether (sulfide) groups is 1. The van der Waals surface area contributed by atoms with E-state index in [1.165, 1.54) is 24.3 Å². The van der Waals surface area contributed by atoms with Crippen LogP contribution in [0.1, 0.15) is 18.4 Å².